The van der Waals surface area contributed by atoms with Gasteiger partial charge in [0.05, 0.1) is 5.75 Å². The van der Waals surface area contributed by atoms with Crippen molar-refractivity contribution in [2.45, 2.75) is 23.2 Å². The van der Waals surface area contributed by atoms with E-state index in [1.807, 2.05) is 54.1 Å². The van der Waals surface area contributed by atoms with Crippen LogP contribution >= 0.6 is 11.8 Å². The molecule has 0 fully saturated rings. The highest BCUT2D eigenvalue weighted by molar-refractivity contribution is 7.98. The molecule has 158 valence electrons. The van der Waals surface area contributed by atoms with Gasteiger partial charge in [0.2, 0.25) is 0 Å². The van der Waals surface area contributed by atoms with Crippen LogP contribution in [0.5, 0.6) is 0 Å². The first kappa shape index (κ1) is 20.9. The van der Waals surface area contributed by atoms with Crippen molar-refractivity contribution in [3.05, 3.63) is 102 Å². The van der Waals surface area contributed by atoms with Crippen LogP contribution in [0.3, 0.4) is 0 Å². The number of carbonyl (C=O) groups excluding carboxylic acids is 1. The number of nitrogens with zero attached hydrogens (tertiary/aromatic N) is 3. The van der Waals surface area contributed by atoms with Gasteiger partial charge in [0.1, 0.15) is 12.1 Å². The van der Waals surface area contributed by atoms with Crippen LogP contribution < -0.4 is 5.32 Å². The summed E-state index contributed by atoms with van der Waals surface area (Å²) < 4.78 is 7.61. The smallest absolute Gasteiger partial charge is 0.287 e. The largest absolute Gasteiger partial charge is 0.455 e. The van der Waals surface area contributed by atoms with Crippen LogP contribution in [0.15, 0.2) is 88.7 Å². The molecule has 0 spiro atoms. The van der Waals surface area contributed by atoms with Gasteiger partial charge in [0, 0.05) is 19.0 Å². The molecule has 0 saturated heterocycles. The van der Waals surface area contributed by atoms with Crippen molar-refractivity contribution >= 4 is 17.7 Å². The van der Waals surface area contributed by atoms with Gasteiger partial charge in [-0.25, -0.2) is 0 Å². The summed E-state index contributed by atoms with van der Waals surface area (Å²) in [6.45, 7) is 2.59. The van der Waals surface area contributed by atoms with E-state index in [2.05, 4.69) is 46.7 Å². The molecule has 7 heteroatoms. The summed E-state index contributed by atoms with van der Waals surface area (Å²) in [6, 6.07) is 24.0. The van der Waals surface area contributed by atoms with E-state index >= 15 is 0 Å². The Morgan fingerprint density at radius 2 is 1.68 bits per heavy atom. The molecule has 0 radical (unpaired) electrons. The van der Waals surface area contributed by atoms with E-state index in [9.17, 15) is 4.79 Å². The second kappa shape index (κ2) is 9.22. The third kappa shape index (κ3) is 4.72. The van der Waals surface area contributed by atoms with Crippen molar-refractivity contribution in [2.75, 3.05) is 6.54 Å². The van der Waals surface area contributed by atoms with Crippen LogP contribution in [-0.4, -0.2) is 27.2 Å². The van der Waals surface area contributed by atoms with Gasteiger partial charge in [-0.1, -0.05) is 72.4 Å². The predicted octanol–water partition coefficient (Wildman–Crippen LogP) is 4.44. The van der Waals surface area contributed by atoms with Gasteiger partial charge in [-0.05, 0) is 30.2 Å². The monoisotopic (exact) mass is 432 g/mol. The maximum atomic E-state index is 12.8. The maximum absolute atomic E-state index is 12.8. The summed E-state index contributed by atoms with van der Waals surface area (Å²) in [5, 5.41) is 11.8. The third-order valence-corrected chi connectivity index (χ3v) is 6.38. The van der Waals surface area contributed by atoms with Crippen LogP contribution in [0.2, 0.25) is 0 Å². The zero-order valence-corrected chi connectivity index (χ0v) is 18.3. The van der Waals surface area contributed by atoms with E-state index in [1.54, 1.807) is 12.4 Å². The normalized spacial score (nSPS) is 11.4. The molecule has 4 rings (SSSR count). The standard InChI is InChI=1S/C24H24N4O2S/c1-24(18-9-5-3-6-10-18,19-11-7-4-8-12-19)16-25-22(29)21-14-13-20(30-21)15-31-23-27-26-17-28(23)2/h3-14,17H,15-16H2,1-2H3,(H,25,29). The molecule has 1 amide bonds. The first-order chi connectivity index (χ1) is 15.1. The lowest BCUT2D eigenvalue weighted by atomic mass is 9.76. The second-order valence-electron chi connectivity index (χ2n) is 7.53. The quantitative estimate of drug-likeness (QED) is 0.417. The lowest BCUT2D eigenvalue weighted by molar-refractivity contribution is 0.0918. The number of benzene rings is 2. The number of carbonyl (C=O) groups is 1. The van der Waals surface area contributed by atoms with Gasteiger partial charge in [0.25, 0.3) is 5.91 Å². The molecule has 0 atom stereocenters. The fourth-order valence-electron chi connectivity index (χ4n) is 3.44. The molecule has 0 aliphatic carbocycles. The number of amides is 1. The number of thioether (sulfide) groups is 1. The molecule has 6 nitrogen and oxygen atoms in total. The van der Waals surface area contributed by atoms with Crippen LogP contribution in [0.4, 0.5) is 0 Å². The van der Waals surface area contributed by atoms with Gasteiger partial charge < -0.3 is 14.3 Å². The second-order valence-corrected chi connectivity index (χ2v) is 8.47. The molecule has 1 N–H and O–H groups in total. The van der Waals surface area contributed by atoms with E-state index in [0.29, 0.717) is 23.8 Å². The van der Waals surface area contributed by atoms with Gasteiger partial charge in [-0.3, -0.25) is 4.79 Å². The number of aromatic nitrogens is 3. The average molecular weight is 433 g/mol. The first-order valence-electron chi connectivity index (χ1n) is 10.0. The van der Waals surface area contributed by atoms with Crippen LogP contribution in [-0.2, 0) is 18.2 Å². The summed E-state index contributed by atoms with van der Waals surface area (Å²) >= 11 is 1.51. The van der Waals surface area contributed by atoms with E-state index < -0.39 is 0 Å². The zero-order valence-electron chi connectivity index (χ0n) is 17.5. The molecular weight excluding hydrogens is 408 g/mol. The minimum Gasteiger partial charge on any atom is -0.455 e. The predicted molar refractivity (Wildman–Crippen MR) is 121 cm³/mol. The number of rotatable bonds is 8. The van der Waals surface area contributed by atoms with E-state index in [0.717, 1.165) is 16.3 Å². The van der Waals surface area contributed by atoms with Gasteiger partial charge in [-0.2, -0.15) is 0 Å². The highest BCUT2D eigenvalue weighted by atomic mass is 32.2. The summed E-state index contributed by atoms with van der Waals surface area (Å²) in [5.74, 6) is 1.36. The number of aryl methyl sites for hydroxylation is 1. The Morgan fingerprint density at radius 3 is 2.26 bits per heavy atom. The van der Waals surface area contributed by atoms with Crippen LogP contribution in [0.1, 0.15) is 34.4 Å². The molecule has 4 aromatic rings. The van der Waals surface area contributed by atoms with Gasteiger partial charge >= 0.3 is 0 Å². The van der Waals surface area contributed by atoms with E-state index in [-0.39, 0.29) is 11.3 Å². The van der Waals surface area contributed by atoms with E-state index in [1.165, 1.54) is 11.8 Å². The molecular formula is C24H24N4O2S. The zero-order chi connectivity index (χ0) is 21.7. The Balaban J connectivity index is 1.45. The molecule has 0 unspecified atom stereocenters. The van der Waals surface area contributed by atoms with Crippen LogP contribution in [0, 0.1) is 0 Å². The maximum Gasteiger partial charge on any atom is 0.287 e. The van der Waals surface area contributed by atoms with Crippen molar-refractivity contribution in [3.8, 4) is 0 Å². The number of nitrogens with one attached hydrogen (secondary N) is 1. The number of hydrogen-bond donors (Lipinski definition) is 1. The molecule has 0 saturated carbocycles. The number of furan rings is 1. The lowest BCUT2D eigenvalue weighted by Gasteiger charge is -2.31. The SMILES string of the molecule is Cn1cnnc1SCc1ccc(C(=O)NCC(C)(c2ccccc2)c2ccccc2)o1. The summed E-state index contributed by atoms with van der Waals surface area (Å²) in [4.78, 5) is 12.8. The molecule has 31 heavy (non-hydrogen) atoms. The average Bonchev–Trinajstić information content (AvgIpc) is 3.46. The number of hydrogen-bond acceptors (Lipinski definition) is 5. The fraction of sp³-hybridized carbons (Fsp3) is 0.208. The Bertz CT molecular complexity index is 1100. The van der Waals surface area contributed by atoms with Crippen molar-refractivity contribution in [3.63, 3.8) is 0 Å². The summed E-state index contributed by atoms with van der Waals surface area (Å²) in [7, 11) is 1.89. The Kier molecular flexibility index (Phi) is 6.23. The first-order valence-corrected chi connectivity index (χ1v) is 11.0. The van der Waals surface area contributed by atoms with Crippen molar-refractivity contribution in [1.82, 2.24) is 20.1 Å². The molecule has 0 bridgehead atoms. The van der Waals surface area contributed by atoms with Crippen molar-refractivity contribution in [2.24, 2.45) is 7.05 Å². The molecule has 2 aromatic heterocycles. The summed E-state index contributed by atoms with van der Waals surface area (Å²) in [5.41, 5.74) is 1.91. The minimum absolute atomic E-state index is 0.229. The highest BCUT2D eigenvalue weighted by Gasteiger charge is 2.29. The van der Waals surface area contributed by atoms with Gasteiger partial charge in [0.15, 0.2) is 10.9 Å². The molecule has 2 heterocycles. The lowest BCUT2D eigenvalue weighted by Crippen LogP contribution is -2.39. The molecule has 2 aromatic carbocycles. The van der Waals surface area contributed by atoms with Crippen molar-refractivity contribution < 1.29 is 9.21 Å². The van der Waals surface area contributed by atoms with E-state index in [4.69, 9.17) is 4.42 Å². The molecule has 0 aliphatic heterocycles. The van der Waals surface area contributed by atoms with Crippen molar-refractivity contribution in [1.29, 1.82) is 0 Å². The fourth-order valence-corrected chi connectivity index (χ4v) is 4.23. The molecule has 0 aliphatic rings. The Labute approximate surface area is 185 Å². The third-order valence-electron chi connectivity index (χ3n) is 5.32. The summed E-state index contributed by atoms with van der Waals surface area (Å²) in [6.07, 6.45) is 1.65. The van der Waals surface area contributed by atoms with Gasteiger partial charge in [-0.15, -0.1) is 10.2 Å². The Hall–Kier alpha value is -3.32. The highest BCUT2D eigenvalue weighted by Crippen LogP contribution is 2.31. The minimum atomic E-state index is -0.366. The Morgan fingerprint density at radius 1 is 1.03 bits per heavy atom. The topological polar surface area (TPSA) is 73.0 Å². The van der Waals surface area contributed by atoms with Crippen LogP contribution in [0.25, 0.3) is 0 Å².